The van der Waals surface area contributed by atoms with Gasteiger partial charge in [0.15, 0.2) is 0 Å². The minimum absolute atomic E-state index is 0.0282. The molecule has 0 spiro atoms. The molecule has 2 aromatic heterocycles. The molecule has 9 nitrogen and oxygen atoms in total. The summed E-state index contributed by atoms with van der Waals surface area (Å²) in [6.45, 7) is 0.745. The molecule has 2 N–H and O–H groups in total. The van der Waals surface area contributed by atoms with Crippen molar-refractivity contribution in [2.45, 2.75) is 25.5 Å². The van der Waals surface area contributed by atoms with E-state index in [-0.39, 0.29) is 6.10 Å². The third-order valence-electron chi connectivity index (χ3n) is 4.73. The van der Waals surface area contributed by atoms with Crippen molar-refractivity contribution in [1.29, 1.82) is 0 Å². The second-order valence-electron chi connectivity index (χ2n) is 7.22. The van der Waals surface area contributed by atoms with Crippen LogP contribution in [0.3, 0.4) is 0 Å². The Hall–Kier alpha value is -4.11. The predicted molar refractivity (Wildman–Crippen MR) is 125 cm³/mol. The number of carboxylic acid groups (broad SMARTS) is 2. The summed E-state index contributed by atoms with van der Waals surface area (Å²) in [4.78, 5) is 22.3. The van der Waals surface area contributed by atoms with Crippen LogP contribution in [-0.2, 0) is 22.6 Å². The molecule has 4 rings (SSSR count). The fourth-order valence-electron chi connectivity index (χ4n) is 3.09. The highest BCUT2D eigenvalue weighted by molar-refractivity contribution is 6.30. The standard InChI is InChI=1S/C22H21ClN4O.C2H2O4/c23-19-5-2-18(3-6-19)4-9-22(16-26-15-13-24-17-26)28-21-10-7-20(8-11-21)27-14-1-12-25-27;3-1(4)2(5)6/h1-3,5-8,10-15,17,22H,4,9,16H2;(H,3,4)(H,5,6). The van der Waals surface area contributed by atoms with E-state index in [1.807, 2.05) is 70.4 Å². The van der Waals surface area contributed by atoms with Crippen LogP contribution in [-0.4, -0.2) is 47.6 Å². The molecule has 1 atom stereocenters. The molecule has 0 bridgehead atoms. The lowest BCUT2D eigenvalue weighted by atomic mass is 10.1. The van der Waals surface area contributed by atoms with Crippen LogP contribution in [0, 0.1) is 0 Å². The maximum absolute atomic E-state index is 9.10. The number of aromatic nitrogens is 4. The van der Waals surface area contributed by atoms with Crippen molar-refractivity contribution >= 4 is 23.5 Å². The molecule has 0 aliphatic rings. The lowest BCUT2D eigenvalue weighted by molar-refractivity contribution is -0.159. The van der Waals surface area contributed by atoms with Gasteiger partial charge in [-0.05, 0) is 60.9 Å². The smallest absolute Gasteiger partial charge is 0.414 e. The molecule has 0 aliphatic heterocycles. The third kappa shape index (κ3) is 7.79. The monoisotopic (exact) mass is 482 g/mol. The number of rotatable bonds is 8. The molecule has 0 aliphatic carbocycles. The first-order valence-electron chi connectivity index (χ1n) is 10.3. The van der Waals surface area contributed by atoms with E-state index in [1.165, 1.54) is 5.56 Å². The molecule has 2 aromatic carbocycles. The van der Waals surface area contributed by atoms with Gasteiger partial charge in [-0.2, -0.15) is 5.10 Å². The van der Waals surface area contributed by atoms with Crippen LogP contribution >= 0.6 is 11.6 Å². The van der Waals surface area contributed by atoms with E-state index >= 15 is 0 Å². The Morgan fingerprint density at radius 3 is 2.24 bits per heavy atom. The minimum atomic E-state index is -1.82. The zero-order valence-electron chi connectivity index (χ0n) is 18.1. The lowest BCUT2D eigenvalue weighted by Crippen LogP contribution is -2.23. The number of benzene rings is 2. The molecular formula is C24H23ClN4O5. The number of ether oxygens (including phenoxy) is 1. The van der Waals surface area contributed by atoms with Gasteiger partial charge in [0.05, 0.1) is 18.6 Å². The highest BCUT2D eigenvalue weighted by Gasteiger charge is 2.13. The predicted octanol–water partition coefficient (Wildman–Crippen LogP) is 3.96. The molecule has 2 heterocycles. The first-order valence-corrected chi connectivity index (χ1v) is 10.7. The van der Waals surface area contributed by atoms with Crippen LogP contribution in [0.4, 0.5) is 0 Å². The highest BCUT2D eigenvalue weighted by Crippen LogP contribution is 2.19. The Morgan fingerprint density at radius 1 is 0.971 bits per heavy atom. The van der Waals surface area contributed by atoms with Crippen LogP contribution in [0.15, 0.2) is 85.7 Å². The Balaban J connectivity index is 0.000000481. The van der Waals surface area contributed by atoms with Crippen molar-refractivity contribution in [3.8, 4) is 11.4 Å². The summed E-state index contributed by atoms with van der Waals surface area (Å²) in [5, 5.41) is 19.8. The fourth-order valence-corrected chi connectivity index (χ4v) is 3.21. The largest absolute Gasteiger partial charge is 0.489 e. The Morgan fingerprint density at radius 2 is 1.68 bits per heavy atom. The average molecular weight is 483 g/mol. The number of hydrogen-bond acceptors (Lipinski definition) is 5. The molecule has 176 valence electrons. The number of carbonyl (C=O) groups is 2. The molecule has 0 radical (unpaired) electrons. The molecular weight excluding hydrogens is 460 g/mol. The second-order valence-corrected chi connectivity index (χ2v) is 7.66. The first kappa shape index (κ1) is 24.5. The quantitative estimate of drug-likeness (QED) is 0.365. The molecule has 1 unspecified atom stereocenters. The summed E-state index contributed by atoms with van der Waals surface area (Å²) < 4.78 is 10.2. The molecule has 4 aromatic rings. The zero-order chi connectivity index (χ0) is 24.3. The topological polar surface area (TPSA) is 119 Å². The molecule has 0 amide bonds. The summed E-state index contributed by atoms with van der Waals surface area (Å²) in [7, 11) is 0. The van der Waals surface area contributed by atoms with Gasteiger partial charge < -0.3 is 19.5 Å². The Kier molecular flexibility index (Phi) is 8.81. The van der Waals surface area contributed by atoms with Crippen molar-refractivity contribution in [2.24, 2.45) is 0 Å². The molecule has 10 heteroatoms. The van der Waals surface area contributed by atoms with Gasteiger partial charge in [-0.3, -0.25) is 0 Å². The molecule has 0 saturated heterocycles. The van der Waals surface area contributed by atoms with Crippen LogP contribution in [0.2, 0.25) is 5.02 Å². The molecule has 0 fully saturated rings. The third-order valence-corrected chi connectivity index (χ3v) is 4.99. The van der Waals surface area contributed by atoms with Crippen molar-refractivity contribution in [2.75, 3.05) is 0 Å². The van der Waals surface area contributed by atoms with Gasteiger partial charge in [0.2, 0.25) is 0 Å². The average Bonchev–Trinajstić information content (AvgIpc) is 3.54. The van der Waals surface area contributed by atoms with E-state index in [0.717, 1.165) is 35.8 Å². The fraction of sp³-hybridized carbons (Fsp3) is 0.167. The number of aryl methyl sites for hydroxylation is 1. The van der Waals surface area contributed by atoms with Gasteiger partial charge in [-0.15, -0.1) is 0 Å². The number of nitrogens with zero attached hydrogens (tertiary/aromatic N) is 4. The lowest BCUT2D eigenvalue weighted by Gasteiger charge is -2.20. The SMILES string of the molecule is Clc1ccc(CCC(Cn2ccnc2)Oc2ccc(-n3cccn3)cc2)cc1.O=C(O)C(=O)O. The van der Waals surface area contributed by atoms with E-state index in [0.29, 0.717) is 0 Å². The van der Waals surface area contributed by atoms with Gasteiger partial charge in [-0.25, -0.2) is 19.3 Å². The minimum Gasteiger partial charge on any atom is -0.489 e. The van der Waals surface area contributed by atoms with Crippen molar-refractivity contribution in [1.82, 2.24) is 19.3 Å². The van der Waals surface area contributed by atoms with Crippen molar-refractivity contribution < 1.29 is 24.5 Å². The van der Waals surface area contributed by atoms with E-state index < -0.39 is 11.9 Å². The van der Waals surface area contributed by atoms with E-state index in [1.54, 1.807) is 12.4 Å². The van der Waals surface area contributed by atoms with Gasteiger partial charge in [-0.1, -0.05) is 23.7 Å². The van der Waals surface area contributed by atoms with Crippen LogP contribution in [0.5, 0.6) is 5.75 Å². The van der Waals surface area contributed by atoms with Crippen LogP contribution in [0.1, 0.15) is 12.0 Å². The van der Waals surface area contributed by atoms with E-state index in [4.69, 9.17) is 36.1 Å². The normalized spacial score (nSPS) is 11.2. The summed E-state index contributed by atoms with van der Waals surface area (Å²) in [5.41, 5.74) is 2.25. The van der Waals surface area contributed by atoms with Crippen LogP contribution < -0.4 is 4.74 Å². The summed E-state index contributed by atoms with van der Waals surface area (Å²) in [5.74, 6) is -2.80. The summed E-state index contributed by atoms with van der Waals surface area (Å²) in [6.07, 6.45) is 11.1. The number of hydrogen-bond donors (Lipinski definition) is 2. The highest BCUT2D eigenvalue weighted by atomic mass is 35.5. The number of carboxylic acids is 2. The second kappa shape index (κ2) is 12.2. The summed E-state index contributed by atoms with van der Waals surface area (Å²) in [6, 6.07) is 17.9. The van der Waals surface area contributed by atoms with Gasteiger partial charge >= 0.3 is 11.9 Å². The van der Waals surface area contributed by atoms with Gasteiger partial charge in [0.25, 0.3) is 0 Å². The maximum Gasteiger partial charge on any atom is 0.414 e. The van der Waals surface area contributed by atoms with Gasteiger partial charge in [0.1, 0.15) is 11.9 Å². The Bertz CT molecular complexity index is 1150. The number of aliphatic carboxylic acids is 2. The number of halogens is 1. The van der Waals surface area contributed by atoms with Crippen LogP contribution in [0.25, 0.3) is 5.69 Å². The molecule has 0 saturated carbocycles. The Labute approximate surface area is 200 Å². The van der Waals surface area contributed by atoms with Crippen molar-refractivity contribution in [3.05, 3.63) is 96.3 Å². The molecule has 34 heavy (non-hydrogen) atoms. The maximum atomic E-state index is 9.10. The van der Waals surface area contributed by atoms with E-state index in [9.17, 15) is 0 Å². The summed E-state index contributed by atoms with van der Waals surface area (Å²) >= 11 is 5.99. The van der Waals surface area contributed by atoms with E-state index in [2.05, 4.69) is 22.2 Å². The first-order chi connectivity index (χ1) is 16.4. The van der Waals surface area contributed by atoms with Crippen molar-refractivity contribution in [3.63, 3.8) is 0 Å². The number of imidazole rings is 1. The zero-order valence-corrected chi connectivity index (χ0v) is 18.8. The van der Waals surface area contributed by atoms with Gasteiger partial charge in [0, 0.05) is 29.8 Å².